The van der Waals surface area contributed by atoms with Gasteiger partial charge in [0.05, 0.1) is 11.8 Å². The summed E-state index contributed by atoms with van der Waals surface area (Å²) < 4.78 is 0. The first-order chi connectivity index (χ1) is 5.68. The molecule has 0 heterocycles. The summed E-state index contributed by atoms with van der Waals surface area (Å²) in [5.41, 5.74) is -0.282. The van der Waals surface area contributed by atoms with Gasteiger partial charge >= 0.3 is 0 Å². The molecule has 0 aromatic carbocycles. The van der Waals surface area contributed by atoms with Crippen molar-refractivity contribution in [2.75, 3.05) is 13.6 Å². The molecule has 0 radical (unpaired) electrons. The average Bonchev–Trinajstić information content (AvgIpc) is 2.02. The molecule has 0 atom stereocenters. The van der Waals surface area contributed by atoms with E-state index in [0.717, 1.165) is 6.41 Å². The molecule has 1 aliphatic rings. The van der Waals surface area contributed by atoms with Gasteiger partial charge in [0, 0.05) is 19.4 Å². The van der Waals surface area contributed by atoms with Crippen LogP contribution in [0.2, 0.25) is 0 Å². The molecule has 0 bridgehead atoms. The van der Waals surface area contributed by atoms with E-state index in [-0.39, 0.29) is 11.8 Å². The minimum Gasteiger partial charge on any atom is -0.393 e. The van der Waals surface area contributed by atoms with Crippen LogP contribution in [0.15, 0.2) is 0 Å². The van der Waals surface area contributed by atoms with Crippen LogP contribution in [-0.4, -0.2) is 41.8 Å². The summed E-state index contributed by atoms with van der Waals surface area (Å²) in [5, 5.41) is 12.3. The Bertz CT molecular complexity index is 166. The summed E-state index contributed by atoms with van der Waals surface area (Å²) in [4.78, 5) is 12.3. The van der Waals surface area contributed by atoms with E-state index in [1.165, 1.54) is 0 Å². The van der Waals surface area contributed by atoms with Crippen molar-refractivity contribution in [2.45, 2.75) is 31.5 Å². The normalized spacial score (nSPS) is 34.1. The van der Waals surface area contributed by atoms with Crippen LogP contribution in [0.3, 0.4) is 0 Å². The average molecular weight is 172 g/mol. The lowest BCUT2D eigenvalue weighted by molar-refractivity contribution is -0.138. The van der Waals surface area contributed by atoms with Crippen molar-refractivity contribution in [3.05, 3.63) is 0 Å². The lowest BCUT2D eigenvalue weighted by atomic mass is 9.80. The van der Waals surface area contributed by atoms with E-state index in [0.29, 0.717) is 19.4 Å². The molecule has 1 fully saturated rings. The maximum atomic E-state index is 10.6. The van der Waals surface area contributed by atoms with Crippen LogP contribution in [0.5, 0.6) is 0 Å². The Labute approximate surface area is 72.6 Å². The van der Waals surface area contributed by atoms with Gasteiger partial charge in [0.15, 0.2) is 0 Å². The first-order valence-electron chi connectivity index (χ1n) is 4.27. The Balaban J connectivity index is 2.61. The molecule has 1 aliphatic carbocycles. The Morgan fingerprint density at radius 2 is 2.33 bits per heavy atom. The van der Waals surface area contributed by atoms with Gasteiger partial charge in [0.25, 0.3) is 0 Å². The monoisotopic (exact) mass is 172 g/mol. The molecule has 0 aromatic heterocycles. The van der Waals surface area contributed by atoms with Crippen molar-refractivity contribution in [1.29, 1.82) is 0 Å². The van der Waals surface area contributed by atoms with E-state index in [1.807, 2.05) is 14.0 Å². The third kappa shape index (κ3) is 1.32. The highest BCUT2D eigenvalue weighted by molar-refractivity contribution is 5.49. The Hall–Kier alpha value is -0.610. The van der Waals surface area contributed by atoms with Crippen LogP contribution in [-0.2, 0) is 4.79 Å². The second-order valence-electron chi connectivity index (χ2n) is 3.24. The second kappa shape index (κ2) is 3.41. The SMILES string of the molecule is CCN(C=O)C1(NC)CC(O)C1. The number of aliphatic hydroxyl groups excluding tert-OH is 1. The first-order valence-corrected chi connectivity index (χ1v) is 4.27. The fourth-order valence-electron chi connectivity index (χ4n) is 1.78. The smallest absolute Gasteiger partial charge is 0.211 e. The fraction of sp³-hybridized carbons (Fsp3) is 0.875. The minimum atomic E-state index is -0.282. The van der Waals surface area contributed by atoms with E-state index in [9.17, 15) is 9.90 Å². The molecule has 0 saturated heterocycles. The van der Waals surface area contributed by atoms with Crippen molar-refractivity contribution in [2.24, 2.45) is 0 Å². The number of aliphatic hydroxyl groups is 1. The molecule has 70 valence electrons. The van der Waals surface area contributed by atoms with E-state index >= 15 is 0 Å². The largest absolute Gasteiger partial charge is 0.393 e. The van der Waals surface area contributed by atoms with Crippen molar-refractivity contribution in [1.82, 2.24) is 10.2 Å². The lowest BCUT2D eigenvalue weighted by Crippen LogP contribution is -2.66. The van der Waals surface area contributed by atoms with Crippen LogP contribution >= 0.6 is 0 Å². The summed E-state index contributed by atoms with van der Waals surface area (Å²) >= 11 is 0. The van der Waals surface area contributed by atoms with Gasteiger partial charge in [-0.2, -0.15) is 0 Å². The molecule has 4 nitrogen and oxygen atoms in total. The third-order valence-corrected chi connectivity index (χ3v) is 2.63. The van der Waals surface area contributed by atoms with Crippen LogP contribution < -0.4 is 5.32 Å². The van der Waals surface area contributed by atoms with E-state index in [4.69, 9.17) is 0 Å². The Kier molecular flexibility index (Phi) is 2.69. The zero-order valence-electron chi connectivity index (χ0n) is 7.58. The predicted molar refractivity (Wildman–Crippen MR) is 45.5 cm³/mol. The van der Waals surface area contributed by atoms with E-state index < -0.39 is 0 Å². The molecule has 0 aromatic rings. The maximum absolute atomic E-state index is 10.6. The van der Waals surface area contributed by atoms with Crippen molar-refractivity contribution >= 4 is 6.41 Å². The molecule has 12 heavy (non-hydrogen) atoms. The predicted octanol–water partition coefficient (Wildman–Crippen LogP) is -0.465. The molecule has 1 saturated carbocycles. The summed E-state index contributed by atoms with van der Waals surface area (Å²) in [7, 11) is 1.82. The Morgan fingerprint density at radius 3 is 2.58 bits per heavy atom. The summed E-state index contributed by atoms with van der Waals surface area (Å²) in [6.07, 6.45) is 1.85. The molecule has 1 rings (SSSR count). The molecular formula is C8H16N2O2. The van der Waals surface area contributed by atoms with Gasteiger partial charge in [-0.1, -0.05) is 0 Å². The van der Waals surface area contributed by atoms with Crippen LogP contribution in [0.25, 0.3) is 0 Å². The van der Waals surface area contributed by atoms with Crippen LogP contribution in [0.4, 0.5) is 0 Å². The molecule has 0 spiro atoms. The summed E-state index contributed by atoms with van der Waals surface area (Å²) in [5.74, 6) is 0. The van der Waals surface area contributed by atoms with Crippen LogP contribution in [0, 0.1) is 0 Å². The lowest BCUT2D eigenvalue weighted by Gasteiger charge is -2.50. The van der Waals surface area contributed by atoms with Gasteiger partial charge in [-0.25, -0.2) is 0 Å². The standard InChI is InChI=1S/C8H16N2O2/c1-3-10(6-11)8(9-2)4-7(12)5-8/h6-7,9,12H,3-5H2,1-2H3. The van der Waals surface area contributed by atoms with Gasteiger partial charge in [-0.15, -0.1) is 0 Å². The minimum absolute atomic E-state index is 0.258. The number of amides is 1. The molecule has 2 N–H and O–H groups in total. The van der Waals surface area contributed by atoms with Gasteiger partial charge < -0.3 is 10.0 Å². The fourth-order valence-corrected chi connectivity index (χ4v) is 1.78. The molecule has 0 unspecified atom stereocenters. The molecule has 4 heteroatoms. The van der Waals surface area contributed by atoms with Gasteiger partial charge in [0.1, 0.15) is 0 Å². The highest BCUT2D eigenvalue weighted by atomic mass is 16.3. The van der Waals surface area contributed by atoms with Crippen LogP contribution in [0.1, 0.15) is 19.8 Å². The van der Waals surface area contributed by atoms with Gasteiger partial charge in [-0.3, -0.25) is 10.1 Å². The highest BCUT2D eigenvalue weighted by Crippen LogP contribution is 2.34. The number of carbonyl (C=O) groups is 1. The zero-order valence-corrected chi connectivity index (χ0v) is 7.58. The second-order valence-corrected chi connectivity index (χ2v) is 3.24. The first kappa shape index (κ1) is 9.48. The number of hydrogen-bond acceptors (Lipinski definition) is 3. The van der Waals surface area contributed by atoms with E-state index in [2.05, 4.69) is 5.32 Å². The van der Waals surface area contributed by atoms with Gasteiger partial charge in [-0.05, 0) is 14.0 Å². The van der Waals surface area contributed by atoms with Crippen molar-refractivity contribution in [3.8, 4) is 0 Å². The topological polar surface area (TPSA) is 52.6 Å². The van der Waals surface area contributed by atoms with Crippen molar-refractivity contribution in [3.63, 3.8) is 0 Å². The highest BCUT2D eigenvalue weighted by Gasteiger charge is 2.46. The van der Waals surface area contributed by atoms with Crippen molar-refractivity contribution < 1.29 is 9.90 Å². The zero-order chi connectivity index (χ0) is 9.19. The summed E-state index contributed by atoms with van der Waals surface area (Å²) in [6, 6.07) is 0. The third-order valence-electron chi connectivity index (χ3n) is 2.63. The number of hydrogen-bond donors (Lipinski definition) is 2. The maximum Gasteiger partial charge on any atom is 0.211 e. The molecular weight excluding hydrogens is 156 g/mol. The van der Waals surface area contributed by atoms with E-state index in [1.54, 1.807) is 4.90 Å². The Morgan fingerprint density at radius 1 is 1.75 bits per heavy atom. The molecule has 0 aliphatic heterocycles. The van der Waals surface area contributed by atoms with Gasteiger partial charge in [0.2, 0.25) is 6.41 Å². The quantitative estimate of drug-likeness (QED) is 0.445. The summed E-state index contributed by atoms with van der Waals surface area (Å²) in [6.45, 7) is 2.61. The number of nitrogens with one attached hydrogen (secondary N) is 1. The number of rotatable bonds is 4. The molecule has 1 amide bonds. The number of nitrogens with zero attached hydrogens (tertiary/aromatic N) is 1. The number of carbonyl (C=O) groups excluding carboxylic acids is 1.